The van der Waals surface area contributed by atoms with Gasteiger partial charge >= 0.3 is 0 Å². The first kappa shape index (κ1) is 23.0. The molecule has 2 aromatic rings. The summed E-state index contributed by atoms with van der Waals surface area (Å²) in [5.41, 5.74) is 2.50. The van der Waals surface area contributed by atoms with Gasteiger partial charge < -0.3 is 4.74 Å². The van der Waals surface area contributed by atoms with Gasteiger partial charge in [-0.3, -0.25) is 19.4 Å². The highest BCUT2D eigenvalue weighted by Gasteiger charge is 2.35. The smallest absolute Gasteiger partial charge is 0.265 e. The molecular formula is C23H20Cl2N2O3S. The van der Waals surface area contributed by atoms with Gasteiger partial charge in [0.2, 0.25) is 0 Å². The molecule has 1 aliphatic rings. The summed E-state index contributed by atoms with van der Waals surface area (Å²) in [5.74, 6) is -0.193. The fourth-order valence-corrected chi connectivity index (χ4v) is 3.56. The van der Waals surface area contributed by atoms with Crippen LogP contribution in [-0.2, 0) is 22.6 Å². The first-order valence-corrected chi connectivity index (χ1v) is 10.5. The van der Waals surface area contributed by atoms with Gasteiger partial charge in [-0.1, -0.05) is 41.4 Å². The predicted molar refractivity (Wildman–Crippen MR) is 127 cm³/mol. The number of likely N-dealkylation sites (N-methyl/N-ethyl adjacent to an activating group) is 2. The van der Waals surface area contributed by atoms with Gasteiger partial charge in [-0.15, -0.1) is 6.58 Å². The lowest BCUT2D eigenvalue weighted by molar-refractivity contribution is -0.132. The molecule has 2 aromatic carbocycles. The number of rotatable bonds is 6. The van der Waals surface area contributed by atoms with E-state index in [1.807, 2.05) is 12.1 Å². The van der Waals surface area contributed by atoms with Crippen LogP contribution >= 0.6 is 35.4 Å². The summed E-state index contributed by atoms with van der Waals surface area (Å²) >= 11 is 17.1. The Morgan fingerprint density at radius 1 is 1.03 bits per heavy atom. The Labute approximate surface area is 196 Å². The fraction of sp³-hybridized carbons (Fsp3) is 0.174. The van der Waals surface area contributed by atoms with Crippen molar-refractivity contribution < 1.29 is 14.3 Å². The van der Waals surface area contributed by atoms with Crippen LogP contribution < -0.4 is 4.74 Å². The van der Waals surface area contributed by atoms with Gasteiger partial charge in [0.1, 0.15) is 17.9 Å². The van der Waals surface area contributed by atoms with E-state index >= 15 is 0 Å². The molecule has 0 spiro atoms. The number of amides is 2. The number of benzene rings is 2. The molecule has 1 heterocycles. The summed E-state index contributed by atoms with van der Waals surface area (Å²) in [6.45, 7) is 4.11. The lowest BCUT2D eigenvalue weighted by Gasteiger charge is -2.31. The van der Waals surface area contributed by atoms with Crippen LogP contribution in [0.5, 0.6) is 5.75 Å². The highest BCUT2D eigenvalue weighted by Crippen LogP contribution is 2.27. The molecule has 0 N–H and O–H groups in total. The van der Waals surface area contributed by atoms with Crippen molar-refractivity contribution in [2.45, 2.75) is 13.0 Å². The molecule has 0 aliphatic carbocycles. The Morgan fingerprint density at radius 3 is 2.32 bits per heavy atom. The quantitative estimate of drug-likeness (QED) is 0.258. The van der Waals surface area contributed by atoms with E-state index in [1.54, 1.807) is 50.5 Å². The van der Waals surface area contributed by atoms with Crippen LogP contribution in [0.15, 0.2) is 54.6 Å². The maximum Gasteiger partial charge on any atom is 0.265 e. The molecule has 3 rings (SSSR count). The minimum Gasteiger partial charge on any atom is -0.489 e. The van der Waals surface area contributed by atoms with Gasteiger partial charge in [-0.05, 0) is 65.7 Å². The molecule has 1 fully saturated rings. The number of carbonyl (C=O) groups is 2. The third-order valence-corrected chi connectivity index (χ3v) is 6.07. The van der Waals surface area contributed by atoms with E-state index in [2.05, 4.69) is 6.58 Å². The second-order valence-electron chi connectivity index (χ2n) is 6.97. The summed E-state index contributed by atoms with van der Waals surface area (Å²) in [7, 11) is 3.09. The zero-order valence-corrected chi connectivity index (χ0v) is 19.4. The molecule has 1 aliphatic heterocycles. The topological polar surface area (TPSA) is 49.9 Å². The monoisotopic (exact) mass is 474 g/mol. The van der Waals surface area contributed by atoms with E-state index in [9.17, 15) is 9.59 Å². The van der Waals surface area contributed by atoms with Crippen LogP contribution in [0.2, 0.25) is 10.0 Å². The Balaban J connectivity index is 1.87. The number of thiocarbonyl (C=S) groups is 1. The average molecular weight is 475 g/mol. The molecule has 0 radical (unpaired) electrons. The van der Waals surface area contributed by atoms with E-state index in [-0.39, 0.29) is 10.7 Å². The molecule has 0 unspecified atom stereocenters. The van der Waals surface area contributed by atoms with Crippen LogP contribution in [0.4, 0.5) is 0 Å². The van der Waals surface area contributed by atoms with Gasteiger partial charge in [0, 0.05) is 14.1 Å². The van der Waals surface area contributed by atoms with Crippen molar-refractivity contribution >= 4 is 58.4 Å². The molecule has 8 heteroatoms. The van der Waals surface area contributed by atoms with Crippen molar-refractivity contribution in [3.63, 3.8) is 0 Å². The minimum atomic E-state index is -0.432. The first-order chi connectivity index (χ1) is 14.7. The fourth-order valence-electron chi connectivity index (χ4n) is 3.08. The molecule has 0 bridgehead atoms. The second-order valence-corrected chi connectivity index (χ2v) is 8.15. The number of hydrogen-bond acceptors (Lipinski definition) is 4. The summed E-state index contributed by atoms with van der Waals surface area (Å²) in [6, 6.07) is 10.8. The van der Waals surface area contributed by atoms with Crippen molar-refractivity contribution in [3.8, 4) is 5.75 Å². The number of hydrogen-bond donors (Lipinski definition) is 0. The van der Waals surface area contributed by atoms with E-state index < -0.39 is 11.8 Å². The number of nitrogens with zero attached hydrogens (tertiary/aromatic N) is 2. The Hall–Kier alpha value is -2.67. The zero-order chi connectivity index (χ0) is 22.7. The van der Waals surface area contributed by atoms with Gasteiger partial charge in [-0.25, -0.2) is 0 Å². The van der Waals surface area contributed by atoms with Crippen molar-refractivity contribution in [1.29, 1.82) is 0 Å². The minimum absolute atomic E-state index is 0.0487. The largest absolute Gasteiger partial charge is 0.489 e. The molecular weight excluding hydrogens is 455 g/mol. The summed E-state index contributed by atoms with van der Waals surface area (Å²) < 4.78 is 5.97. The van der Waals surface area contributed by atoms with E-state index in [0.29, 0.717) is 34.4 Å². The van der Waals surface area contributed by atoms with Gasteiger partial charge in [0.15, 0.2) is 5.11 Å². The maximum atomic E-state index is 12.5. The lowest BCUT2D eigenvalue weighted by Crippen LogP contribution is -2.52. The van der Waals surface area contributed by atoms with Gasteiger partial charge in [0.05, 0.1) is 10.0 Å². The SMILES string of the molecule is C=CCc1cc(C=C2C(=O)N(C)C(=S)N(C)C2=O)ccc1OCc1ccc(Cl)c(Cl)c1. The Bertz CT molecular complexity index is 1090. The highest BCUT2D eigenvalue weighted by atomic mass is 35.5. The Morgan fingerprint density at radius 2 is 1.71 bits per heavy atom. The standard InChI is InChI=1S/C23H20Cl2N2O3S/c1-4-5-16-10-14(11-17-21(28)26(2)23(31)27(3)22(17)29)7-9-20(16)30-13-15-6-8-18(24)19(25)12-15/h4,6-12H,1,5,13H2,2-3H3. The second kappa shape index (κ2) is 9.64. The third-order valence-electron chi connectivity index (χ3n) is 4.78. The van der Waals surface area contributed by atoms with Crippen LogP contribution in [0.1, 0.15) is 16.7 Å². The van der Waals surface area contributed by atoms with Gasteiger partial charge in [-0.2, -0.15) is 0 Å². The lowest BCUT2D eigenvalue weighted by atomic mass is 10.0. The number of allylic oxidation sites excluding steroid dienone is 1. The van der Waals surface area contributed by atoms with Crippen molar-refractivity contribution in [2.24, 2.45) is 0 Å². The Kier molecular flexibility index (Phi) is 7.15. The maximum absolute atomic E-state index is 12.5. The molecule has 0 saturated carbocycles. The third kappa shape index (κ3) is 4.98. The molecule has 5 nitrogen and oxygen atoms in total. The number of ether oxygens (including phenoxy) is 1. The van der Waals surface area contributed by atoms with Crippen LogP contribution in [0.25, 0.3) is 6.08 Å². The number of carbonyl (C=O) groups excluding carboxylic acids is 2. The number of halogens is 2. The molecule has 1 saturated heterocycles. The van der Waals surface area contributed by atoms with Crippen molar-refractivity contribution in [2.75, 3.05) is 14.1 Å². The summed E-state index contributed by atoms with van der Waals surface area (Å²) in [5, 5.41) is 1.12. The van der Waals surface area contributed by atoms with Crippen LogP contribution in [0.3, 0.4) is 0 Å². The average Bonchev–Trinajstić information content (AvgIpc) is 2.76. The van der Waals surface area contributed by atoms with Crippen molar-refractivity contribution in [3.05, 3.63) is 81.4 Å². The van der Waals surface area contributed by atoms with E-state index in [0.717, 1.165) is 11.1 Å². The zero-order valence-electron chi connectivity index (χ0n) is 17.0. The highest BCUT2D eigenvalue weighted by molar-refractivity contribution is 7.80. The molecule has 0 atom stereocenters. The van der Waals surface area contributed by atoms with Crippen LogP contribution in [0, 0.1) is 0 Å². The predicted octanol–water partition coefficient (Wildman–Crippen LogP) is 4.90. The first-order valence-electron chi connectivity index (χ1n) is 9.35. The molecule has 31 heavy (non-hydrogen) atoms. The van der Waals surface area contributed by atoms with Crippen molar-refractivity contribution in [1.82, 2.24) is 9.80 Å². The molecule has 0 aromatic heterocycles. The van der Waals surface area contributed by atoms with E-state index in [4.69, 9.17) is 40.2 Å². The molecule has 160 valence electrons. The summed E-state index contributed by atoms with van der Waals surface area (Å²) in [4.78, 5) is 27.7. The summed E-state index contributed by atoms with van der Waals surface area (Å²) in [6.07, 6.45) is 3.88. The van der Waals surface area contributed by atoms with E-state index in [1.165, 1.54) is 9.80 Å². The normalized spacial score (nSPS) is 14.2. The molecule has 2 amide bonds. The van der Waals surface area contributed by atoms with Gasteiger partial charge in [0.25, 0.3) is 11.8 Å². The van der Waals surface area contributed by atoms with Crippen LogP contribution in [-0.4, -0.2) is 40.8 Å².